The average molecular weight is 377 g/mol. The number of nitrogens with zero attached hydrogens (tertiary/aromatic N) is 1. The van der Waals surface area contributed by atoms with Crippen LogP contribution in [0.4, 0.5) is 0 Å². The lowest BCUT2D eigenvalue weighted by atomic mass is 10.2. The van der Waals surface area contributed by atoms with Gasteiger partial charge < -0.3 is 15.5 Å². The highest BCUT2D eigenvalue weighted by atomic mass is 79.9. The molecule has 21 heavy (non-hydrogen) atoms. The number of benzene rings is 1. The van der Waals surface area contributed by atoms with Crippen LogP contribution in [0, 0.1) is 0 Å². The van der Waals surface area contributed by atoms with E-state index >= 15 is 0 Å². The van der Waals surface area contributed by atoms with E-state index in [2.05, 4.69) is 26.6 Å². The topological polar surface area (TPSA) is 61.4 Å². The Balaban J connectivity index is 0.00000220. The van der Waals surface area contributed by atoms with Gasteiger partial charge in [-0.2, -0.15) is 0 Å². The minimum absolute atomic E-state index is 0. The van der Waals surface area contributed by atoms with Crippen LogP contribution in [0.2, 0.25) is 0 Å². The van der Waals surface area contributed by atoms with Crippen LogP contribution in [0.5, 0.6) is 0 Å². The average Bonchev–Trinajstić information content (AvgIpc) is 2.45. The van der Waals surface area contributed by atoms with Crippen LogP contribution in [0.3, 0.4) is 0 Å². The number of hydrogen-bond acceptors (Lipinski definition) is 3. The van der Waals surface area contributed by atoms with Gasteiger partial charge in [-0.05, 0) is 25.1 Å². The molecule has 1 atom stereocenters. The molecule has 0 radical (unpaired) electrons. The molecule has 0 spiro atoms. The van der Waals surface area contributed by atoms with Crippen molar-refractivity contribution in [2.45, 2.75) is 13.0 Å². The Bertz CT molecular complexity index is 513. The van der Waals surface area contributed by atoms with E-state index in [-0.39, 0.29) is 36.8 Å². The Labute approximate surface area is 139 Å². The third-order valence-electron chi connectivity index (χ3n) is 3.31. The van der Waals surface area contributed by atoms with E-state index in [0.717, 1.165) is 17.6 Å². The number of carbonyl (C=O) groups excluding carboxylic acids is 2. The van der Waals surface area contributed by atoms with Crippen molar-refractivity contribution in [3.05, 3.63) is 34.3 Å². The molecular weight excluding hydrogens is 358 g/mol. The molecule has 1 heterocycles. The molecule has 0 aromatic heterocycles. The van der Waals surface area contributed by atoms with E-state index in [1.54, 1.807) is 23.1 Å². The minimum Gasteiger partial charge on any atom is -0.343 e. The fraction of sp³-hybridized carbons (Fsp3) is 0.429. The van der Waals surface area contributed by atoms with Crippen LogP contribution in [-0.4, -0.2) is 48.9 Å². The summed E-state index contributed by atoms with van der Waals surface area (Å²) >= 11 is 3.32. The first-order valence-corrected chi connectivity index (χ1v) is 7.41. The van der Waals surface area contributed by atoms with Gasteiger partial charge in [0.05, 0.1) is 6.54 Å². The molecule has 2 amide bonds. The van der Waals surface area contributed by atoms with Crippen molar-refractivity contribution in [3.63, 3.8) is 0 Å². The first-order valence-electron chi connectivity index (χ1n) is 6.62. The van der Waals surface area contributed by atoms with E-state index in [1.165, 1.54) is 0 Å². The summed E-state index contributed by atoms with van der Waals surface area (Å²) in [7, 11) is 0. The van der Waals surface area contributed by atoms with Crippen LogP contribution in [0.15, 0.2) is 28.7 Å². The quantitative estimate of drug-likeness (QED) is 0.839. The second-order valence-electron chi connectivity index (χ2n) is 4.83. The predicted molar refractivity (Wildman–Crippen MR) is 87.8 cm³/mol. The number of piperazine rings is 1. The normalized spacial score (nSPS) is 17.8. The lowest BCUT2D eigenvalue weighted by molar-refractivity contribution is -0.132. The van der Waals surface area contributed by atoms with Gasteiger partial charge in [0.2, 0.25) is 5.91 Å². The summed E-state index contributed by atoms with van der Waals surface area (Å²) < 4.78 is 0.840. The maximum atomic E-state index is 12.1. The van der Waals surface area contributed by atoms with Gasteiger partial charge in [-0.15, -0.1) is 12.4 Å². The van der Waals surface area contributed by atoms with Crippen molar-refractivity contribution < 1.29 is 9.59 Å². The van der Waals surface area contributed by atoms with Crippen molar-refractivity contribution >= 4 is 40.2 Å². The van der Waals surface area contributed by atoms with Crippen molar-refractivity contribution in [3.8, 4) is 0 Å². The molecule has 1 aromatic carbocycles. The van der Waals surface area contributed by atoms with Gasteiger partial charge in [0, 0.05) is 35.7 Å². The summed E-state index contributed by atoms with van der Waals surface area (Å²) in [6, 6.07) is 7.26. The maximum absolute atomic E-state index is 12.1. The zero-order chi connectivity index (χ0) is 14.5. The second kappa shape index (κ2) is 8.36. The van der Waals surface area contributed by atoms with Gasteiger partial charge >= 0.3 is 0 Å². The zero-order valence-corrected chi connectivity index (χ0v) is 14.2. The van der Waals surface area contributed by atoms with Gasteiger partial charge in [-0.3, -0.25) is 9.59 Å². The largest absolute Gasteiger partial charge is 0.343 e. The SMILES string of the molecule is C[C@H]1CNCCN1C(=O)CNC(=O)c1cccc(Br)c1.Cl. The van der Waals surface area contributed by atoms with E-state index in [9.17, 15) is 9.59 Å². The summed E-state index contributed by atoms with van der Waals surface area (Å²) in [6.45, 7) is 4.32. The van der Waals surface area contributed by atoms with E-state index in [4.69, 9.17) is 0 Å². The van der Waals surface area contributed by atoms with E-state index in [1.807, 2.05) is 13.0 Å². The molecule has 0 unspecified atom stereocenters. The molecule has 5 nitrogen and oxygen atoms in total. The highest BCUT2D eigenvalue weighted by molar-refractivity contribution is 9.10. The molecule has 0 bridgehead atoms. The third kappa shape index (κ3) is 4.98. The molecule has 1 fully saturated rings. The summed E-state index contributed by atoms with van der Waals surface area (Å²) in [6.07, 6.45) is 0. The Morgan fingerprint density at radius 1 is 1.48 bits per heavy atom. The molecule has 1 aliphatic rings. The van der Waals surface area contributed by atoms with Gasteiger partial charge in [-0.1, -0.05) is 22.0 Å². The fourth-order valence-corrected chi connectivity index (χ4v) is 2.60. The second-order valence-corrected chi connectivity index (χ2v) is 5.75. The highest BCUT2D eigenvalue weighted by Crippen LogP contribution is 2.11. The Morgan fingerprint density at radius 3 is 2.90 bits per heavy atom. The highest BCUT2D eigenvalue weighted by Gasteiger charge is 2.23. The van der Waals surface area contributed by atoms with Crippen molar-refractivity contribution in [2.75, 3.05) is 26.2 Å². The molecule has 0 saturated carbocycles. The van der Waals surface area contributed by atoms with Gasteiger partial charge in [0.15, 0.2) is 0 Å². The number of carbonyl (C=O) groups is 2. The van der Waals surface area contributed by atoms with Crippen LogP contribution in [0.25, 0.3) is 0 Å². The number of amides is 2. The van der Waals surface area contributed by atoms with Gasteiger partial charge in [0.1, 0.15) is 0 Å². The fourth-order valence-electron chi connectivity index (χ4n) is 2.20. The number of nitrogens with one attached hydrogen (secondary N) is 2. The predicted octanol–water partition coefficient (Wildman–Crippen LogP) is 1.42. The van der Waals surface area contributed by atoms with Gasteiger partial charge in [-0.25, -0.2) is 0 Å². The third-order valence-corrected chi connectivity index (χ3v) is 3.80. The first-order chi connectivity index (χ1) is 9.58. The molecule has 1 aromatic rings. The summed E-state index contributed by atoms with van der Waals surface area (Å²) in [5, 5.41) is 5.90. The summed E-state index contributed by atoms with van der Waals surface area (Å²) in [4.78, 5) is 25.8. The lowest BCUT2D eigenvalue weighted by Gasteiger charge is -2.34. The Hall–Kier alpha value is -1.11. The number of halogens is 2. The lowest BCUT2D eigenvalue weighted by Crippen LogP contribution is -2.54. The molecule has 0 aliphatic carbocycles. The van der Waals surface area contributed by atoms with E-state index in [0.29, 0.717) is 12.1 Å². The van der Waals surface area contributed by atoms with Crippen LogP contribution in [0.1, 0.15) is 17.3 Å². The first kappa shape index (κ1) is 17.9. The number of hydrogen-bond donors (Lipinski definition) is 2. The molecule has 2 rings (SSSR count). The summed E-state index contributed by atoms with van der Waals surface area (Å²) in [5.74, 6) is -0.273. The molecule has 2 N–H and O–H groups in total. The molecule has 7 heteroatoms. The van der Waals surface area contributed by atoms with Crippen LogP contribution >= 0.6 is 28.3 Å². The number of rotatable bonds is 3. The maximum Gasteiger partial charge on any atom is 0.251 e. The molecular formula is C14H19BrClN3O2. The Morgan fingerprint density at radius 2 is 2.24 bits per heavy atom. The minimum atomic E-state index is -0.234. The smallest absolute Gasteiger partial charge is 0.251 e. The zero-order valence-electron chi connectivity index (χ0n) is 11.8. The standard InChI is InChI=1S/C14H18BrN3O2.ClH/c1-10-8-16-5-6-18(10)13(19)9-17-14(20)11-3-2-4-12(15)7-11;/h2-4,7,10,16H,5-6,8-9H2,1H3,(H,17,20);1H/t10-;/m0./s1. The van der Waals surface area contributed by atoms with E-state index < -0.39 is 0 Å². The Kier molecular flexibility index (Phi) is 7.14. The monoisotopic (exact) mass is 375 g/mol. The van der Waals surface area contributed by atoms with Crippen LogP contribution < -0.4 is 10.6 Å². The molecule has 1 saturated heterocycles. The van der Waals surface area contributed by atoms with Crippen molar-refractivity contribution in [2.24, 2.45) is 0 Å². The van der Waals surface area contributed by atoms with Crippen LogP contribution in [-0.2, 0) is 4.79 Å². The van der Waals surface area contributed by atoms with Crippen molar-refractivity contribution in [1.29, 1.82) is 0 Å². The van der Waals surface area contributed by atoms with Crippen molar-refractivity contribution in [1.82, 2.24) is 15.5 Å². The van der Waals surface area contributed by atoms with Gasteiger partial charge in [0.25, 0.3) is 5.91 Å². The molecule has 1 aliphatic heterocycles. The summed E-state index contributed by atoms with van der Waals surface area (Å²) in [5.41, 5.74) is 0.542. The molecule has 116 valence electrons.